The summed E-state index contributed by atoms with van der Waals surface area (Å²) in [6.07, 6.45) is 0. The molecule has 1 rings (SSSR count). The van der Waals surface area contributed by atoms with Gasteiger partial charge in [-0.05, 0) is 30.7 Å². The second kappa shape index (κ2) is 5.07. The third-order valence-electron chi connectivity index (χ3n) is 1.88. The molecule has 0 aromatic heterocycles. The average Bonchev–Trinajstić information content (AvgIpc) is 2.14. The highest BCUT2D eigenvalue weighted by Gasteiger charge is 2.27. The molecule has 84 valence electrons. The summed E-state index contributed by atoms with van der Waals surface area (Å²) >= 11 is 1.11. The third-order valence-corrected chi connectivity index (χ3v) is 2.50. The Morgan fingerprint density at radius 1 is 1.47 bits per heavy atom. The molecule has 0 aliphatic heterocycles. The van der Waals surface area contributed by atoms with Crippen LogP contribution in [0.15, 0.2) is 18.2 Å². The van der Waals surface area contributed by atoms with Gasteiger partial charge in [0.15, 0.2) is 0 Å². The maximum Gasteiger partial charge on any atom is 0.321 e. The molecule has 0 fully saturated rings. The highest BCUT2D eigenvalue weighted by atomic mass is 127. The molecule has 0 bridgehead atoms. The summed E-state index contributed by atoms with van der Waals surface area (Å²) in [6.45, 7) is 2.53. The molecule has 0 amide bonds. The molecule has 0 aliphatic rings. The Bertz CT molecular complexity index is 339. The SMILES string of the molecule is Cc1cc(C(F)(F)I)ccc1OCCN. The summed E-state index contributed by atoms with van der Waals surface area (Å²) in [5.41, 5.74) is 5.96. The first-order valence-corrected chi connectivity index (χ1v) is 5.53. The predicted molar refractivity (Wildman–Crippen MR) is 63.6 cm³/mol. The van der Waals surface area contributed by atoms with Crippen molar-refractivity contribution in [2.75, 3.05) is 13.2 Å². The number of benzene rings is 1. The van der Waals surface area contributed by atoms with E-state index >= 15 is 0 Å². The van der Waals surface area contributed by atoms with Crippen LogP contribution in [0.1, 0.15) is 11.1 Å². The summed E-state index contributed by atoms with van der Waals surface area (Å²) in [5.74, 6) is 0.602. The van der Waals surface area contributed by atoms with E-state index in [9.17, 15) is 8.78 Å². The molecule has 0 saturated heterocycles. The Morgan fingerprint density at radius 3 is 2.60 bits per heavy atom. The van der Waals surface area contributed by atoms with Crippen LogP contribution in [-0.2, 0) is 3.93 Å². The maximum atomic E-state index is 12.9. The molecule has 0 aliphatic carbocycles. The van der Waals surface area contributed by atoms with Gasteiger partial charge in [-0.25, -0.2) is 0 Å². The Morgan fingerprint density at radius 2 is 2.13 bits per heavy atom. The minimum absolute atomic E-state index is 0.0132. The van der Waals surface area contributed by atoms with Crippen molar-refractivity contribution < 1.29 is 13.5 Å². The Labute approximate surface area is 101 Å². The summed E-state index contributed by atoms with van der Waals surface area (Å²) in [7, 11) is 0. The molecule has 2 N–H and O–H groups in total. The van der Waals surface area contributed by atoms with Crippen LogP contribution in [0, 0.1) is 6.92 Å². The number of rotatable bonds is 4. The highest BCUT2D eigenvalue weighted by Crippen LogP contribution is 2.36. The smallest absolute Gasteiger partial charge is 0.321 e. The highest BCUT2D eigenvalue weighted by molar-refractivity contribution is 14.1. The fourth-order valence-electron chi connectivity index (χ4n) is 1.16. The molecule has 1 aromatic rings. The van der Waals surface area contributed by atoms with Crippen molar-refractivity contribution >= 4 is 22.6 Å². The van der Waals surface area contributed by atoms with Gasteiger partial charge in [-0.1, -0.05) is 0 Å². The van der Waals surface area contributed by atoms with E-state index in [1.807, 2.05) is 0 Å². The zero-order valence-electron chi connectivity index (χ0n) is 8.27. The van der Waals surface area contributed by atoms with Crippen LogP contribution in [0.4, 0.5) is 8.78 Å². The zero-order valence-corrected chi connectivity index (χ0v) is 10.4. The maximum absolute atomic E-state index is 12.9. The van der Waals surface area contributed by atoms with Crippen molar-refractivity contribution in [1.82, 2.24) is 0 Å². The number of nitrogens with two attached hydrogens (primary N) is 1. The van der Waals surface area contributed by atoms with Crippen molar-refractivity contribution in [2.45, 2.75) is 10.9 Å². The van der Waals surface area contributed by atoms with E-state index in [0.717, 1.165) is 22.6 Å². The van der Waals surface area contributed by atoms with Crippen LogP contribution in [0.5, 0.6) is 5.75 Å². The topological polar surface area (TPSA) is 35.2 Å². The van der Waals surface area contributed by atoms with E-state index in [-0.39, 0.29) is 5.56 Å². The van der Waals surface area contributed by atoms with Gasteiger partial charge in [-0.2, -0.15) is 8.78 Å². The minimum Gasteiger partial charge on any atom is -0.492 e. The van der Waals surface area contributed by atoms with Crippen LogP contribution in [0.2, 0.25) is 0 Å². The summed E-state index contributed by atoms with van der Waals surface area (Å²) in [5, 5.41) is 0. The normalized spacial score (nSPS) is 11.5. The van der Waals surface area contributed by atoms with Gasteiger partial charge in [0.1, 0.15) is 12.4 Å². The molecule has 1 aromatic carbocycles. The molecule has 5 heteroatoms. The predicted octanol–water partition coefficient (Wildman–Crippen LogP) is 2.82. The van der Waals surface area contributed by atoms with Gasteiger partial charge in [0.2, 0.25) is 0 Å². The van der Waals surface area contributed by atoms with E-state index in [1.54, 1.807) is 13.0 Å². The second-order valence-corrected chi connectivity index (χ2v) is 4.47. The van der Waals surface area contributed by atoms with E-state index in [0.29, 0.717) is 24.5 Å². The van der Waals surface area contributed by atoms with Crippen molar-refractivity contribution in [3.63, 3.8) is 0 Å². The molecule has 0 atom stereocenters. The molecule has 0 heterocycles. The fraction of sp³-hybridized carbons (Fsp3) is 0.400. The third kappa shape index (κ3) is 3.57. The number of ether oxygens (including phenoxy) is 1. The zero-order chi connectivity index (χ0) is 11.5. The molecule has 2 nitrogen and oxygen atoms in total. The molecular formula is C10H12F2INO. The lowest BCUT2D eigenvalue weighted by molar-refractivity contribution is 0.127. The molecular weight excluding hydrogens is 315 g/mol. The van der Waals surface area contributed by atoms with Gasteiger partial charge in [-0.15, -0.1) is 0 Å². The van der Waals surface area contributed by atoms with Gasteiger partial charge in [-0.3, -0.25) is 0 Å². The Kier molecular flexibility index (Phi) is 4.27. The lowest BCUT2D eigenvalue weighted by atomic mass is 10.1. The van der Waals surface area contributed by atoms with Gasteiger partial charge >= 0.3 is 3.93 Å². The fourth-order valence-corrected chi connectivity index (χ4v) is 1.49. The van der Waals surface area contributed by atoms with Crippen LogP contribution >= 0.6 is 22.6 Å². The molecule has 0 saturated carbocycles. The van der Waals surface area contributed by atoms with Gasteiger partial charge in [0.25, 0.3) is 0 Å². The number of hydrogen-bond acceptors (Lipinski definition) is 2. The van der Waals surface area contributed by atoms with E-state index in [4.69, 9.17) is 10.5 Å². The quantitative estimate of drug-likeness (QED) is 0.682. The molecule has 0 spiro atoms. The van der Waals surface area contributed by atoms with Crippen LogP contribution in [0.3, 0.4) is 0 Å². The summed E-state index contributed by atoms with van der Waals surface area (Å²) < 4.78 is 28.3. The van der Waals surface area contributed by atoms with Crippen molar-refractivity contribution in [3.05, 3.63) is 29.3 Å². The summed E-state index contributed by atoms with van der Waals surface area (Å²) in [4.78, 5) is 0. The van der Waals surface area contributed by atoms with Gasteiger partial charge < -0.3 is 10.5 Å². The Balaban J connectivity index is 2.88. The first-order valence-electron chi connectivity index (χ1n) is 4.46. The standard InChI is InChI=1S/C10H12F2INO/c1-7-6-8(10(11,12)13)2-3-9(7)15-5-4-14/h2-3,6H,4-5,14H2,1H3. The van der Waals surface area contributed by atoms with Crippen molar-refractivity contribution in [2.24, 2.45) is 5.73 Å². The van der Waals surface area contributed by atoms with Crippen molar-refractivity contribution in [1.29, 1.82) is 0 Å². The first kappa shape index (κ1) is 12.6. The average molecular weight is 327 g/mol. The van der Waals surface area contributed by atoms with Gasteiger partial charge in [0.05, 0.1) is 0 Å². The lowest BCUT2D eigenvalue weighted by Gasteiger charge is -2.12. The number of halogens is 3. The van der Waals surface area contributed by atoms with E-state index < -0.39 is 3.93 Å². The number of aryl methyl sites for hydroxylation is 1. The van der Waals surface area contributed by atoms with E-state index in [2.05, 4.69) is 0 Å². The minimum atomic E-state index is -2.84. The van der Waals surface area contributed by atoms with Crippen LogP contribution in [0.25, 0.3) is 0 Å². The second-order valence-electron chi connectivity index (χ2n) is 3.12. The van der Waals surface area contributed by atoms with Crippen molar-refractivity contribution in [3.8, 4) is 5.75 Å². The van der Waals surface area contributed by atoms with E-state index in [1.165, 1.54) is 12.1 Å². The largest absolute Gasteiger partial charge is 0.492 e. The number of alkyl halides is 3. The number of hydrogen-bond donors (Lipinski definition) is 1. The Hall–Kier alpha value is -0.430. The monoisotopic (exact) mass is 327 g/mol. The summed E-state index contributed by atoms with van der Waals surface area (Å²) in [6, 6.07) is 4.34. The molecule has 0 radical (unpaired) electrons. The molecule has 15 heavy (non-hydrogen) atoms. The lowest BCUT2D eigenvalue weighted by Crippen LogP contribution is -2.11. The first-order chi connectivity index (χ1) is 6.95. The van der Waals surface area contributed by atoms with Gasteiger partial charge in [0, 0.05) is 34.7 Å². The van der Waals surface area contributed by atoms with Crippen LogP contribution in [-0.4, -0.2) is 13.2 Å². The molecule has 0 unspecified atom stereocenters. The van der Waals surface area contributed by atoms with Crippen LogP contribution < -0.4 is 10.5 Å².